The summed E-state index contributed by atoms with van der Waals surface area (Å²) >= 11 is 14.1. The Morgan fingerprint density at radius 2 is 1.91 bits per heavy atom. The molecule has 0 amide bonds. The molecule has 1 aliphatic heterocycles. The van der Waals surface area contributed by atoms with Crippen LogP contribution in [0.3, 0.4) is 0 Å². The molecule has 1 aromatic heterocycles. The van der Waals surface area contributed by atoms with Crippen molar-refractivity contribution >= 4 is 66.8 Å². The lowest BCUT2D eigenvalue weighted by atomic mass is 9.95. The number of phenols is 1. The molecule has 0 unspecified atom stereocenters. The number of aromatic nitrogens is 1. The molecule has 1 N–H and O–H groups in total. The Kier molecular flexibility index (Phi) is 7.04. The molecule has 0 radical (unpaired) electrons. The van der Waals surface area contributed by atoms with E-state index in [1.54, 1.807) is 43.3 Å². The minimum Gasteiger partial charge on any atom is -0.506 e. The smallest absolute Gasteiger partial charge is 0.338 e. The average molecular weight is 629 g/mol. The molecule has 1 atom stereocenters. The fraction of sp³-hybridized carbons (Fsp3) is 0.174. The van der Waals surface area contributed by atoms with E-state index < -0.39 is 12.0 Å². The van der Waals surface area contributed by atoms with Gasteiger partial charge in [-0.15, -0.1) is 0 Å². The Hall–Kier alpha value is -2.40. The number of thiazole rings is 1. The quantitative estimate of drug-likeness (QED) is 0.436. The molecule has 1 aliphatic rings. The first-order chi connectivity index (χ1) is 16.2. The number of aromatic hydroxyl groups is 1. The van der Waals surface area contributed by atoms with Crippen molar-refractivity contribution in [3.8, 4) is 11.5 Å². The summed E-state index contributed by atoms with van der Waals surface area (Å²) in [6.45, 7) is 1.70. The molecule has 0 saturated heterocycles. The van der Waals surface area contributed by atoms with Gasteiger partial charge in [-0.1, -0.05) is 22.9 Å². The van der Waals surface area contributed by atoms with E-state index in [0.717, 1.165) is 0 Å². The van der Waals surface area contributed by atoms with Crippen LogP contribution in [0, 0.1) is 0 Å². The molecule has 11 heteroatoms. The van der Waals surface area contributed by atoms with E-state index in [1.807, 2.05) is 0 Å². The molecule has 176 valence electrons. The van der Waals surface area contributed by atoms with E-state index >= 15 is 0 Å². The SMILES string of the molecule is COC(=O)C1=C(C)N=c2s/c(=C\c3cc(Br)c(O)c(Br)c3)c(=O)n2[C@H]1c1cc(Cl)ccc1OC. The lowest BCUT2D eigenvalue weighted by Gasteiger charge is -2.25. The van der Waals surface area contributed by atoms with E-state index in [9.17, 15) is 14.7 Å². The van der Waals surface area contributed by atoms with Crippen LogP contribution >= 0.6 is 54.8 Å². The van der Waals surface area contributed by atoms with Crippen molar-refractivity contribution in [3.05, 3.63) is 86.4 Å². The van der Waals surface area contributed by atoms with Crippen LogP contribution in [0.1, 0.15) is 24.1 Å². The number of methoxy groups -OCH3 is 2. The van der Waals surface area contributed by atoms with Crippen molar-refractivity contribution in [1.29, 1.82) is 0 Å². The normalized spacial score (nSPS) is 15.7. The van der Waals surface area contributed by atoms with Gasteiger partial charge in [0.1, 0.15) is 17.5 Å². The number of fused-ring (bicyclic) bond motifs is 1. The van der Waals surface area contributed by atoms with Crippen molar-refractivity contribution in [1.82, 2.24) is 4.57 Å². The second kappa shape index (κ2) is 9.69. The number of carbonyl (C=O) groups is 1. The molecular formula is C23H17Br2ClN2O5S. The van der Waals surface area contributed by atoms with E-state index in [2.05, 4.69) is 36.9 Å². The van der Waals surface area contributed by atoms with E-state index in [-0.39, 0.29) is 16.9 Å². The summed E-state index contributed by atoms with van der Waals surface area (Å²) in [5.74, 6) is -0.0783. The van der Waals surface area contributed by atoms with Crippen molar-refractivity contribution in [3.63, 3.8) is 0 Å². The highest BCUT2D eigenvalue weighted by Gasteiger charge is 2.35. The molecule has 7 nitrogen and oxygen atoms in total. The molecule has 2 heterocycles. The fourth-order valence-electron chi connectivity index (χ4n) is 3.73. The predicted molar refractivity (Wildman–Crippen MR) is 137 cm³/mol. The van der Waals surface area contributed by atoms with Gasteiger partial charge in [0.25, 0.3) is 5.56 Å². The molecule has 34 heavy (non-hydrogen) atoms. The molecule has 0 aliphatic carbocycles. The molecule has 2 aromatic carbocycles. The Labute approximate surface area is 219 Å². The van der Waals surface area contributed by atoms with Gasteiger partial charge in [-0.2, -0.15) is 0 Å². The van der Waals surface area contributed by atoms with Gasteiger partial charge in [-0.05, 0) is 80.8 Å². The summed E-state index contributed by atoms with van der Waals surface area (Å²) in [4.78, 5) is 31.4. The second-order valence-electron chi connectivity index (χ2n) is 7.29. The summed E-state index contributed by atoms with van der Waals surface area (Å²) in [5, 5.41) is 10.4. The van der Waals surface area contributed by atoms with E-state index in [4.69, 9.17) is 21.1 Å². The maximum Gasteiger partial charge on any atom is 0.338 e. The van der Waals surface area contributed by atoms with Gasteiger partial charge in [-0.3, -0.25) is 9.36 Å². The maximum atomic E-state index is 13.6. The van der Waals surface area contributed by atoms with Gasteiger partial charge in [0.15, 0.2) is 4.80 Å². The van der Waals surface area contributed by atoms with Crippen LogP contribution < -0.4 is 19.6 Å². The van der Waals surface area contributed by atoms with Crippen LogP contribution in [0.2, 0.25) is 5.02 Å². The molecule has 3 aromatic rings. The topological polar surface area (TPSA) is 90.1 Å². The van der Waals surface area contributed by atoms with Gasteiger partial charge in [0.2, 0.25) is 0 Å². The number of hydrogen-bond donors (Lipinski definition) is 1. The Morgan fingerprint density at radius 3 is 2.53 bits per heavy atom. The Bertz CT molecular complexity index is 1520. The van der Waals surface area contributed by atoms with Gasteiger partial charge in [0, 0.05) is 10.6 Å². The van der Waals surface area contributed by atoms with Crippen LogP contribution in [0.4, 0.5) is 0 Å². The summed E-state index contributed by atoms with van der Waals surface area (Å²) in [6, 6.07) is 7.56. The number of carbonyl (C=O) groups excluding carboxylic acids is 1. The largest absolute Gasteiger partial charge is 0.506 e. The molecular weight excluding hydrogens is 612 g/mol. The van der Waals surface area contributed by atoms with Crippen LogP contribution in [0.15, 0.2) is 60.3 Å². The molecule has 4 rings (SSSR count). The number of esters is 1. The first-order valence-corrected chi connectivity index (χ1v) is 12.6. The van der Waals surface area contributed by atoms with Crippen molar-refractivity contribution in [2.75, 3.05) is 14.2 Å². The van der Waals surface area contributed by atoms with Crippen LogP contribution in [-0.2, 0) is 9.53 Å². The van der Waals surface area contributed by atoms with Gasteiger partial charge >= 0.3 is 5.97 Å². The molecule has 0 saturated carbocycles. The summed E-state index contributed by atoms with van der Waals surface area (Å²) in [6.07, 6.45) is 1.70. The standard InChI is InChI=1S/C23H17Br2ClN2O5S/c1-10-18(22(31)33-3)19(13-9-12(26)4-5-16(13)32-2)28-21(30)17(34-23(28)27-10)8-11-6-14(24)20(29)15(25)7-11/h4-9,19,29H,1-3H3/b17-8-/t19-/m0/s1. The van der Waals surface area contributed by atoms with Crippen LogP contribution in [0.25, 0.3) is 6.08 Å². The van der Waals surface area contributed by atoms with Crippen LogP contribution in [-0.4, -0.2) is 29.9 Å². The number of hydrogen-bond acceptors (Lipinski definition) is 7. The Morgan fingerprint density at radius 1 is 1.24 bits per heavy atom. The fourth-order valence-corrected chi connectivity index (χ4v) is 6.17. The third kappa shape index (κ3) is 4.35. The maximum absolute atomic E-state index is 13.6. The number of halogens is 3. The van der Waals surface area contributed by atoms with Gasteiger partial charge < -0.3 is 14.6 Å². The number of ether oxygens (including phenoxy) is 2. The number of rotatable bonds is 4. The molecule has 0 fully saturated rings. The zero-order valence-electron chi connectivity index (χ0n) is 18.1. The Balaban J connectivity index is 2.03. The lowest BCUT2D eigenvalue weighted by molar-refractivity contribution is -0.136. The highest BCUT2D eigenvalue weighted by atomic mass is 79.9. The first-order valence-electron chi connectivity index (χ1n) is 9.78. The van der Waals surface area contributed by atoms with Gasteiger partial charge in [-0.25, -0.2) is 9.79 Å². The van der Waals surface area contributed by atoms with Crippen molar-refractivity contribution < 1.29 is 19.4 Å². The lowest BCUT2D eigenvalue weighted by Crippen LogP contribution is -2.40. The van der Waals surface area contributed by atoms with E-state index in [0.29, 0.717) is 45.9 Å². The number of benzene rings is 2. The minimum absolute atomic E-state index is 0.0602. The molecule has 0 spiro atoms. The highest BCUT2D eigenvalue weighted by molar-refractivity contribution is 9.11. The zero-order chi connectivity index (χ0) is 24.7. The van der Waals surface area contributed by atoms with Crippen molar-refractivity contribution in [2.24, 2.45) is 4.99 Å². The summed E-state index contributed by atoms with van der Waals surface area (Å²) < 4.78 is 13.4. The third-order valence-electron chi connectivity index (χ3n) is 5.25. The zero-order valence-corrected chi connectivity index (χ0v) is 22.8. The number of allylic oxidation sites excluding steroid dienone is 1. The van der Waals surface area contributed by atoms with Crippen LogP contribution in [0.5, 0.6) is 11.5 Å². The monoisotopic (exact) mass is 626 g/mol. The number of nitrogens with zero attached hydrogens (tertiary/aromatic N) is 2. The van der Waals surface area contributed by atoms with Crippen molar-refractivity contribution in [2.45, 2.75) is 13.0 Å². The first kappa shape index (κ1) is 24.7. The third-order valence-corrected chi connectivity index (χ3v) is 7.68. The summed E-state index contributed by atoms with van der Waals surface area (Å²) in [7, 11) is 2.78. The second-order valence-corrected chi connectivity index (χ2v) is 10.4. The van der Waals surface area contributed by atoms with E-state index in [1.165, 1.54) is 30.1 Å². The van der Waals surface area contributed by atoms with Gasteiger partial charge in [0.05, 0.1) is 39.0 Å². The molecule has 0 bridgehead atoms. The highest BCUT2D eigenvalue weighted by Crippen LogP contribution is 2.37. The predicted octanol–water partition coefficient (Wildman–Crippen LogP) is 4.30. The minimum atomic E-state index is -0.849. The average Bonchev–Trinajstić information content (AvgIpc) is 3.10. The summed E-state index contributed by atoms with van der Waals surface area (Å²) in [5.41, 5.74) is 1.53. The number of phenolic OH excluding ortho intramolecular Hbond substituents is 1.